The van der Waals surface area contributed by atoms with Crippen LogP contribution in [0.4, 0.5) is 0 Å². The molecule has 1 saturated heterocycles. The maximum atomic E-state index is 13.4. The van der Waals surface area contributed by atoms with Crippen LogP contribution in [-0.2, 0) is 10.0 Å². The van der Waals surface area contributed by atoms with Gasteiger partial charge in [-0.25, -0.2) is 8.42 Å². The molecular formula is C23H27N3O6S. The van der Waals surface area contributed by atoms with Gasteiger partial charge in [0.25, 0.3) is 0 Å². The Kier molecular flexibility index (Phi) is 6.85. The van der Waals surface area contributed by atoms with Crippen molar-refractivity contribution in [3.8, 4) is 40.2 Å². The van der Waals surface area contributed by atoms with Crippen LogP contribution in [0.5, 0.6) is 17.2 Å². The molecule has 0 bridgehead atoms. The zero-order valence-corrected chi connectivity index (χ0v) is 19.7. The van der Waals surface area contributed by atoms with E-state index in [4.69, 9.17) is 18.6 Å². The fourth-order valence-electron chi connectivity index (χ4n) is 3.86. The van der Waals surface area contributed by atoms with Gasteiger partial charge in [-0.05, 0) is 49.2 Å². The van der Waals surface area contributed by atoms with Crippen LogP contribution in [0.1, 0.15) is 25.7 Å². The van der Waals surface area contributed by atoms with Crippen molar-refractivity contribution in [2.45, 2.75) is 30.6 Å². The van der Waals surface area contributed by atoms with E-state index in [9.17, 15) is 8.42 Å². The summed E-state index contributed by atoms with van der Waals surface area (Å²) in [5.41, 5.74) is 1.14. The maximum Gasteiger partial charge on any atom is 0.248 e. The van der Waals surface area contributed by atoms with Crippen molar-refractivity contribution in [1.82, 2.24) is 14.5 Å². The van der Waals surface area contributed by atoms with Crippen molar-refractivity contribution in [3.05, 3.63) is 36.4 Å². The molecule has 0 amide bonds. The Morgan fingerprint density at radius 3 is 1.88 bits per heavy atom. The number of hydrogen-bond acceptors (Lipinski definition) is 8. The molecule has 0 atom stereocenters. The molecule has 0 radical (unpaired) electrons. The van der Waals surface area contributed by atoms with Crippen LogP contribution in [0.25, 0.3) is 22.9 Å². The van der Waals surface area contributed by atoms with E-state index in [1.807, 2.05) is 0 Å². The second-order valence-electron chi connectivity index (χ2n) is 7.67. The molecule has 1 aliphatic rings. The van der Waals surface area contributed by atoms with Gasteiger partial charge in [-0.15, -0.1) is 10.2 Å². The van der Waals surface area contributed by atoms with Gasteiger partial charge in [0.05, 0.1) is 21.3 Å². The van der Waals surface area contributed by atoms with Gasteiger partial charge in [-0.3, -0.25) is 0 Å². The second kappa shape index (κ2) is 9.80. The predicted molar refractivity (Wildman–Crippen MR) is 122 cm³/mol. The average molecular weight is 474 g/mol. The normalized spacial score (nSPS) is 15.1. The molecule has 1 aliphatic heterocycles. The van der Waals surface area contributed by atoms with Crippen LogP contribution in [0, 0.1) is 0 Å². The molecule has 2 aromatic carbocycles. The number of benzene rings is 2. The summed E-state index contributed by atoms with van der Waals surface area (Å²) >= 11 is 0. The third kappa shape index (κ3) is 4.67. The monoisotopic (exact) mass is 473 g/mol. The third-order valence-electron chi connectivity index (χ3n) is 5.65. The zero-order valence-electron chi connectivity index (χ0n) is 18.9. The molecule has 10 heteroatoms. The summed E-state index contributed by atoms with van der Waals surface area (Å²) in [4.78, 5) is 0.0928. The smallest absolute Gasteiger partial charge is 0.248 e. The summed E-state index contributed by atoms with van der Waals surface area (Å²) in [5, 5.41) is 8.26. The number of rotatable bonds is 7. The van der Waals surface area contributed by atoms with Gasteiger partial charge < -0.3 is 18.6 Å². The molecule has 176 valence electrons. The van der Waals surface area contributed by atoms with Crippen molar-refractivity contribution in [2.24, 2.45) is 0 Å². The van der Waals surface area contributed by atoms with Crippen LogP contribution >= 0.6 is 0 Å². The molecule has 0 aliphatic carbocycles. The van der Waals surface area contributed by atoms with Gasteiger partial charge >= 0.3 is 0 Å². The van der Waals surface area contributed by atoms with Crippen molar-refractivity contribution >= 4 is 10.0 Å². The first-order valence-corrected chi connectivity index (χ1v) is 12.2. The van der Waals surface area contributed by atoms with Gasteiger partial charge in [0.2, 0.25) is 21.8 Å². The lowest BCUT2D eigenvalue weighted by Gasteiger charge is -2.21. The standard InChI is InChI=1S/C23H27N3O6S/c1-29-18-10-8-16(14-20(18)31-3)22-24-25-23(32-22)17-9-11-19(30-2)21(15-17)33(27,28)26-12-6-4-5-7-13-26/h8-11,14-15H,4-7,12-13H2,1-3H3. The van der Waals surface area contributed by atoms with E-state index in [-0.39, 0.29) is 22.4 Å². The van der Waals surface area contributed by atoms with E-state index >= 15 is 0 Å². The van der Waals surface area contributed by atoms with Gasteiger partial charge in [0, 0.05) is 24.2 Å². The van der Waals surface area contributed by atoms with Crippen molar-refractivity contribution in [2.75, 3.05) is 34.4 Å². The highest BCUT2D eigenvalue weighted by Gasteiger charge is 2.29. The maximum absolute atomic E-state index is 13.4. The summed E-state index contributed by atoms with van der Waals surface area (Å²) in [7, 11) is 0.829. The molecule has 3 aromatic rings. The molecule has 0 unspecified atom stereocenters. The minimum absolute atomic E-state index is 0.0928. The zero-order chi connectivity index (χ0) is 23.4. The number of ether oxygens (including phenoxy) is 3. The topological polar surface area (TPSA) is 104 Å². The Balaban J connectivity index is 1.69. The molecule has 9 nitrogen and oxygen atoms in total. The van der Waals surface area contributed by atoms with Crippen LogP contribution in [0.15, 0.2) is 45.7 Å². The van der Waals surface area contributed by atoms with E-state index in [2.05, 4.69) is 10.2 Å². The molecule has 4 rings (SSSR count). The van der Waals surface area contributed by atoms with Crippen LogP contribution in [0.3, 0.4) is 0 Å². The lowest BCUT2D eigenvalue weighted by atomic mass is 10.2. The lowest BCUT2D eigenvalue weighted by molar-refractivity contribution is 0.355. The summed E-state index contributed by atoms with van der Waals surface area (Å²) < 4.78 is 50.2. The Bertz CT molecular complexity index is 1220. The summed E-state index contributed by atoms with van der Waals surface area (Å²) in [6, 6.07) is 10.1. The van der Waals surface area contributed by atoms with Gasteiger partial charge in [0.1, 0.15) is 10.6 Å². The van der Waals surface area contributed by atoms with Crippen LogP contribution in [0.2, 0.25) is 0 Å². The first-order valence-electron chi connectivity index (χ1n) is 10.7. The van der Waals surface area contributed by atoms with E-state index in [1.165, 1.54) is 17.5 Å². The highest BCUT2D eigenvalue weighted by molar-refractivity contribution is 7.89. The Hall–Kier alpha value is -3.11. The summed E-state index contributed by atoms with van der Waals surface area (Å²) in [6.07, 6.45) is 3.76. The SMILES string of the molecule is COc1ccc(-c2nnc(-c3ccc(OC)c(S(=O)(=O)N4CCCCCC4)c3)o2)cc1OC. The summed E-state index contributed by atoms with van der Waals surface area (Å²) in [5.74, 6) is 1.88. The molecule has 1 fully saturated rings. The lowest BCUT2D eigenvalue weighted by Crippen LogP contribution is -2.32. The molecule has 0 spiro atoms. The van der Waals surface area contributed by atoms with E-state index in [0.717, 1.165) is 25.7 Å². The highest BCUT2D eigenvalue weighted by atomic mass is 32.2. The first kappa shape index (κ1) is 23.1. The Labute approximate surface area is 193 Å². The molecular weight excluding hydrogens is 446 g/mol. The van der Waals surface area contributed by atoms with Crippen LogP contribution in [-0.4, -0.2) is 57.3 Å². The average Bonchev–Trinajstić information content (AvgIpc) is 3.17. The summed E-state index contributed by atoms with van der Waals surface area (Å²) in [6.45, 7) is 0.999. The molecule has 0 saturated carbocycles. The van der Waals surface area contributed by atoms with Crippen molar-refractivity contribution in [3.63, 3.8) is 0 Å². The second-order valence-corrected chi connectivity index (χ2v) is 9.57. The van der Waals surface area contributed by atoms with Crippen molar-refractivity contribution < 1.29 is 27.0 Å². The van der Waals surface area contributed by atoms with E-state index in [0.29, 0.717) is 35.7 Å². The van der Waals surface area contributed by atoms with E-state index in [1.54, 1.807) is 44.6 Å². The largest absolute Gasteiger partial charge is 0.495 e. The Morgan fingerprint density at radius 1 is 0.758 bits per heavy atom. The van der Waals surface area contributed by atoms with Gasteiger partial charge in [-0.2, -0.15) is 4.31 Å². The first-order chi connectivity index (χ1) is 16.0. The molecule has 1 aromatic heterocycles. The quantitative estimate of drug-likeness (QED) is 0.507. The van der Waals surface area contributed by atoms with E-state index < -0.39 is 10.0 Å². The number of methoxy groups -OCH3 is 3. The number of sulfonamides is 1. The number of aromatic nitrogens is 2. The van der Waals surface area contributed by atoms with Gasteiger partial charge in [0.15, 0.2) is 11.5 Å². The molecule has 33 heavy (non-hydrogen) atoms. The van der Waals surface area contributed by atoms with Gasteiger partial charge in [-0.1, -0.05) is 12.8 Å². The van der Waals surface area contributed by atoms with Crippen molar-refractivity contribution in [1.29, 1.82) is 0 Å². The number of nitrogens with zero attached hydrogens (tertiary/aromatic N) is 3. The van der Waals surface area contributed by atoms with Crippen LogP contribution < -0.4 is 14.2 Å². The molecule has 0 N–H and O–H groups in total. The fourth-order valence-corrected chi connectivity index (χ4v) is 5.56. The molecule has 2 heterocycles. The number of hydrogen-bond donors (Lipinski definition) is 0. The Morgan fingerprint density at radius 2 is 1.30 bits per heavy atom. The highest BCUT2D eigenvalue weighted by Crippen LogP contribution is 2.35. The minimum atomic E-state index is -3.73. The fraction of sp³-hybridized carbons (Fsp3) is 0.391. The third-order valence-corrected chi connectivity index (χ3v) is 7.57. The minimum Gasteiger partial charge on any atom is -0.495 e. The predicted octanol–water partition coefficient (Wildman–Crippen LogP) is 3.99.